The second kappa shape index (κ2) is 4.99. The van der Waals surface area contributed by atoms with Crippen LogP contribution in [0.25, 0.3) is 0 Å². The molecule has 2 aliphatic rings. The number of pyridine rings is 1. The molecule has 2 aliphatic heterocycles. The van der Waals surface area contributed by atoms with E-state index in [2.05, 4.69) is 9.88 Å². The van der Waals surface area contributed by atoms with Crippen molar-refractivity contribution in [1.29, 1.82) is 0 Å². The van der Waals surface area contributed by atoms with Gasteiger partial charge < -0.3 is 24.5 Å². The topological polar surface area (TPSA) is 77.7 Å². The summed E-state index contributed by atoms with van der Waals surface area (Å²) >= 11 is 0. The summed E-state index contributed by atoms with van der Waals surface area (Å²) in [5, 5.41) is 10.7. The first-order valence-corrected chi connectivity index (χ1v) is 6.75. The third-order valence-corrected chi connectivity index (χ3v) is 3.91. The fourth-order valence-electron chi connectivity index (χ4n) is 2.85. The van der Waals surface area contributed by atoms with Crippen LogP contribution in [-0.2, 0) is 9.47 Å². The molecule has 0 aliphatic carbocycles. The summed E-state index contributed by atoms with van der Waals surface area (Å²) < 4.78 is 11.4. The summed E-state index contributed by atoms with van der Waals surface area (Å²) in [4.78, 5) is 16.5. The van der Waals surface area contributed by atoms with Crippen LogP contribution in [0, 0.1) is 17.0 Å². The van der Waals surface area contributed by atoms with E-state index in [-0.39, 0.29) is 5.82 Å². The molecular formula is C13H17N3O4. The van der Waals surface area contributed by atoms with Crippen molar-refractivity contribution in [2.45, 2.75) is 25.6 Å². The Morgan fingerprint density at radius 1 is 1.30 bits per heavy atom. The molecule has 7 heteroatoms. The van der Waals surface area contributed by atoms with Gasteiger partial charge in [-0.3, -0.25) is 0 Å². The molecule has 3 rings (SSSR count). The van der Waals surface area contributed by atoms with E-state index in [1.54, 1.807) is 13.0 Å². The maximum atomic E-state index is 10.7. The van der Waals surface area contributed by atoms with Crippen LogP contribution in [0.4, 0.5) is 11.5 Å². The third-order valence-electron chi connectivity index (χ3n) is 3.91. The number of piperidine rings is 1. The number of hydrogen-bond donors (Lipinski definition) is 0. The summed E-state index contributed by atoms with van der Waals surface area (Å²) in [7, 11) is 0. The van der Waals surface area contributed by atoms with E-state index >= 15 is 0 Å². The largest absolute Gasteiger partial charge is 0.368 e. The lowest BCUT2D eigenvalue weighted by Gasteiger charge is -2.38. The average molecular weight is 279 g/mol. The summed E-state index contributed by atoms with van der Waals surface area (Å²) in [6.07, 6.45) is 1.62. The Hall–Kier alpha value is -1.73. The molecule has 0 atom stereocenters. The van der Waals surface area contributed by atoms with E-state index in [1.165, 1.54) is 6.07 Å². The first kappa shape index (κ1) is 13.3. The zero-order valence-electron chi connectivity index (χ0n) is 11.4. The summed E-state index contributed by atoms with van der Waals surface area (Å²) in [6, 6.07) is 3.23. The van der Waals surface area contributed by atoms with E-state index in [4.69, 9.17) is 9.47 Å². The molecule has 3 heterocycles. The monoisotopic (exact) mass is 279 g/mol. The highest BCUT2D eigenvalue weighted by Gasteiger charge is 2.40. The van der Waals surface area contributed by atoms with Gasteiger partial charge in [0.2, 0.25) is 0 Å². The summed E-state index contributed by atoms with van der Waals surface area (Å²) in [5.41, 5.74) is 1.63. The van der Waals surface area contributed by atoms with Gasteiger partial charge in [-0.2, -0.15) is 0 Å². The lowest BCUT2D eigenvalue weighted by atomic mass is 10.0. The lowest BCUT2D eigenvalue weighted by molar-refractivity contribution is -0.389. The second-order valence-electron chi connectivity index (χ2n) is 5.13. The van der Waals surface area contributed by atoms with Crippen LogP contribution in [0.15, 0.2) is 12.1 Å². The molecule has 0 aromatic carbocycles. The van der Waals surface area contributed by atoms with Crippen molar-refractivity contribution in [3.8, 4) is 0 Å². The molecule has 1 aromatic heterocycles. The molecule has 0 amide bonds. The van der Waals surface area contributed by atoms with Crippen molar-refractivity contribution < 1.29 is 14.4 Å². The second-order valence-corrected chi connectivity index (χ2v) is 5.13. The Balaban J connectivity index is 1.73. The number of aryl methyl sites for hydroxylation is 1. The van der Waals surface area contributed by atoms with Crippen LogP contribution in [0.1, 0.15) is 18.5 Å². The van der Waals surface area contributed by atoms with Gasteiger partial charge in [0, 0.05) is 38.9 Å². The van der Waals surface area contributed by atoms with E-state index in [9.17, 15) is 10.1 Å². The SMILES string of the molecule is Cc1nc([N+](=O)[O-])ccc1N1CCC2(CC1)OCCO2. The molecule has 20 heavy (non-hydrogen) atoms. The fraction of sp³-hybridized carbons (Fsp3) is 0.615. The van der Waals surface area contributed by atoms with Crippen LogP contribution in [0.5, 0.6) is 0 Å². The predicted molar refractivity (Wildman–Crippen MR) is 71.7 cm³/mol. The van der Waals surface area contributed by atoms with Crippen LogP contribution >= 0.6 is 0 Å². The van der Waals surface area contributed by atoms with Gasteiger partial charge in [0.15, 0.2) is 11.5 Å². The average Bonchev–Trinajstić information content (AvgIpc) is 2.88. The van der Waals surface area contributed by atoms with Gasteiger partial charge in [-0.1, -0.05) is 0 Å². The zero-order valence-corrected chi connectivity index (χ0v) is 11.4. The van der Waals surface area contributed by atoms with Crippen molar-refractivity contribution >= 4 is 11.5 Å². The van der Waals surface area contributed by atoms with Gasteiger partial charge >= 0.3 is 5.82 Å². The smallest absolute Gasteiger partial charge is 0.363 e. The third kappa shape index (κ3) is 2.34. The van der Waals surface area contributed by atoms with Gasteiger partial charge in [-0.05, 0) is 16.0 Å². The highest BCUT2D eigenvalue weighted by atomic mass is 16.7. The minimum Gasteiger partial charge on any atom is -0.368 e. The van der Waals surface area contributed by atoms with Gasteiger partial charge in [-0.15, -0.1) is 0 Å². The van der Waals surface area contributed by atoms with Crippen LogP contribution in [0.3, 0.4) is 0 Å². The number of aromatic nitrogens is 1. The van der Waals surface area contributed by atoms with Crippen LogP contribution < -0.4 is 4.90 Å². The van der Waals surface area contributed by atoms with Crippen molar-refractivity contribution in [2.75, 3.05) is 31.2 Å². The first-order chi connectivity index (χ1) is 9.60. The molecule has 0 bridgehead atoms. The Bertz CT molecular complexity index is 518. The Morgan fingerprint density at radius 2 is 1.95 bits per heavy atom. The number of nitrogens with zero attached hydrogens (tertiary/aromatic N) is 3. The van der Waals surface area contributed by atoms with Crippen LogP contribution in [0.2, 0.25) is 0 Å². The number of rotatable bonds is 2. The minimum absolute atomic E-state index is 0.109. The van der Waals surface area contributed by atoms with E-state index in [0.717, 1.165) is 31.6 Å². The number of hydrogen-bond acceptors (Lipinski definition) is 6. The molecule has 108 valence electrons. The van der Waals surface area contributed by atoms with E-state index < -0.39 is 10.7 Å². The van der Waals surface area contributed by atoms with Crippen molar-refractivity contribution in [3.63, 3.8) is 0 Å². The first-order valence-electron chi connectivity index (χ1n) is 6.75. The molecule has 0 unspecified atom stereocenters. The molecule has 0 saturated carbocycles. The maximum Gasteiger partial charge on any atom is 0.363 e. The van der Waals surface area contributed by atoms with Gasteiger partial charge in [0.05, 0.1) is 18.9 Å². The van der Waals surface area contributed by atoms with E-state index in [1.807, 2.05) is 0 Å². The molecular weight excluding hydrogens is 262 g/mol. The van der Waals surface area contributed by atoms with Crippen molar-refractivity contribution in [1.82, 2.24) is 4.98 Å². The Morgan fingerprint density at radius 3 is 2.50 bits per heavy atom. The molecule has 1 spiro atoms. The molecule has 1 aromatic rings. The van der Waals surface area contributed by atoms with Crippen molar-refractivity contribution in [3.05, 3.63) is 27.9 Å². The van der Waals surface area contributed by atoms with Crippen molar-refractivity contribution in [2.24, 2.45) is 0 Å². The molecule has 2 saturated heterocycles. The lowest BCUT2D eigenvalue weighted by Crippen LogP contribution is -2.45. The van der Waals surface area contributed by atoms with Gasteiger partial charge in [0.25, 0.3) is 0 Å². The van der Waals surface area contributed by atoms with E-state index in [0.29, 0.717) is 18.9 Å². The standard InChI is InChI=1S/C13H17N3O4/c1-10-11(2-3-12(14-10)16(17)18)15-6-4-13(5-7-15)19-8-9-20-13/h2-3H,4-9H2,1H3. The summed E-state index contributed by atoms with van der Waals surface area (Å²) in [6.45, 7) is 4.74. The highest BCUT2D eigenvalue weighted by molar-refractivity contribution is 5.52. The van der Waals surface area contributed by atoms with Gasteiger partial charge in [0.1, 0.15) is 0 Å². The fourth-order valence-corrected chi connectivity index (χ4v) is 2.85. The van der Waals surface area contributed by atoms with Crippen LogP contribution in [-0.4, -0.2) is 42.0 Å². The minimum atomic E-state index is -0.470. The zero-order chi connectivity index (χ0) is 14.2. The number of nitro groups is 1. The molecule has 0 N–H and O–H groups in total. The Kier molecular flexibility index (Phi) is 3.31. The summed E-state index contributed by atoms with van der Waals surface area (Å²) in [5.74, 6) is -0.513. The number of anilines is 1. The highest BCUT2D eigenvalue weighted by Crippen LogP contribution is 2.34. The Labute approximate surface area is 116 Å². The maximum absolute atomic E-state index is 10.7. The predicted octanol–water partition coefficient (Wildman–Crippen LogP) is 1.64. The number of ether oxygens (including phenoxy) is 2. The molecule has 0 radical (unpaired) electrons. The normalized spacial score (nSPS) is 21.4. The van der Waals surface area contributed by atoms with Gasteiger partial charge in [-0.25, -0.2) is 0 Å². The molecule has 7 nitrogen and oxygen atoms in total. The molecule has 2 fully saturated rings. The quantitative estimate of drug-likeness (QED) is 0.605.